The first-order valence-electron chi connectivity index (χ1n) is 21.3. The quantitative estimate of drug-likeness (QED) is 0.115. The number of carbonyl (C=O) groups excluding carboxylic acids is 4. The fourth-order valence-corrected chi connectivity index (χ4v) is 8.50. The van der Waals surface area contributed by atoms with Crippen LogP contribution in [0.25, 0.3) is 33.6 Å². The molecule has 0 unspecified atom stereocenters. The fraction of sp³-hybridized carbons (Fsp3) is 0.511. The Morgan fingerprint density at radius 3 is 1.70 bits per heavy atom. The Kier molecular flexibility index (Phi) is 13.7. The van der Waals surface area contributed by atoms with E-state index in [-0.39, 0.29) is 35.7 Å². The minimum absolute atomic E-state index is 0.115. The molecule has 3 aliphatic heterocycles. The Balaban J connectivity index is 1.08. The molecule has 3 saturated heterocycles. The number of likely N-dealkylation sites (tertiary alicyclic amines) is 2. The minimum Gasteiger partial charge on any atom is -0.453 e. The summed E-state index contributed by atoms with van der Waals surface area (Å²) in [5.41, 5.74) is 6.44. The van der Waals surface area contributed by atoms with Gasteiger partial charge in [-0.3, -0.25) is 9.59 Å². The lowest BCUT2D eigenvalue weighted by Crippen LogP contribution is -2.51. The highest BCUT2D eigenvalue weighted by Crippen LogP contribution is 2.36. The number of rotatable bonds is 13. The highest BCUT2D eigenvalue weighted by molar-refractivity contribution is 5.87. The second kappa shape index (κ2) is 19.3. The van der Waals surface area contributed by atoms with E-state index in [0.29, 0.717) is 44.4 Å². The maximum atomic E-state index is 13.9. The lowest BCUT2D eigenvalue weighted by atomic mass is 10.00. The van der Waals surface area contributed by atoms with Crippen LogP contribution in [0.1, 0.15) is 89.2 Å². The van der Waals surface area contributed by atoms with E-state index in [9.17, 15) is 19.2 Å². The molecule has 16 heteroatoms. The van der Waals surface area contributed by atoms with Crippen molar-refractivity contribution in [1.82, 2.24) is 40.4 Å². The zero-order valence-electron chi connectivity index (χ0n) is 35.9. The number of nitrogens with one attached hydrogen (secondary N) is 4. The van der Waals surface area contributed by atoms with E-state index in [1.54, 1.807) is 11.1 Å². The first-order valence-corrected chi connectivity index (χ1v) is 21.3. The number of benzene rings is 2. The van der Waals surface area contributed by atoms with E-state index in [2.05, 4.69) is 69.1 Å². The van der Waals surface area contributed by atoms with Gasteiger partial charge >= 0.3 is 12.2 Å². The van der Waals surface area contributed by atoms with Crippen LogP contribution in [0, 0.1) is 11.8 Å². The standard InChI is InChI=1S/C45H58N8O8/c1-26(2)37(50-44(56)58-5)42(54)52-20-7-10-34(52)40-46-25-33(48-40)30-16-12-28(13-17-30)29-14-18-31(19-15-29)39-32(24-36-60-22-9-23-61-36)47-41(49-39)35-11-8-21-53(35)43(55)38(27(3)4)51-45(57)59-6/h12-19,25-27,34-38H,7-11,20-24H2,1-6H3,(H,46,48)(H,47,49)(H,50,56)(H,51,57)/t34-,35-,37-,38-/m0/s1. The minimum atomic E-state index is -0.730. The summed E-state index contributed by atoms with van der Waals surface area (Å²) < 4.78 is 21.5. The summed E-state index contributed by atoms with van der Waals surface area (Å²) in [6.07, 6.45) is 4.60. The molecule has 0 bridgehead atoms. The molecule has 4 N–H and O–H groups in total. The molecule has 4 atom stereocenters. The molecular formula is C45H58N8O8. The summed E-state index contributed by atoms with van der Waals surface area (Å²) in [6.45, 7) is 10.00. The van der Waals surface area contributed by atoms with Crippen LogP contribution in [0.15, 0.2) is 54.7 Å². The summed E-state index contributed by atoms with van der Waals surface area (Å²) in [5.74, 6) is 0.840. The van der Waals surface area contributed by atoms with Crippen LogP contribution in [0.4, 0.5) is 9.59 Å². The lowest BCUT2D eigenvalue weighted by molar-refractivity contribution is -0.177. The predicted molar refractivity (Wildman–Crippen MR) is 227 cm³/mol. The summed E-state index contributed by atoms with van der Waals surface area (Å²) in [5, 5.41) is 5.42. The zero-order chi connectivity index (χ0) is 43.2. The summed E-state index contributed by atoms with van der Waals surface area (Å²) in [4.78, 5) is 72.1. The number of nitrogens with zero attached hydrogens (tertiary/aromatic N) is 4. The monoisotopic (exact) mass is 838 g/mol. The van der Waals surface area contributed by atoms with Crippen LogP contribution < -0.4 is 10.6 Å². The van der Waals surface area contributed by atoms with E-state index in [1.807, 2.05) is 32.6 Å². The van der Waals surface area contributed by atoms with E-state index in [1.165, 1.54) is 14.2 Å². The van der Waals surface area contributed by atoms with Crippen molar-refractivity contribution >= 4 is 24.0 Å². The molecule has 326 valence electrons. The van der Waals surface area contributed by atoms with Gasteiger partial charge in [-0.1, -0.05) is 76.2 Å². The van der Waals surface area contributed by atoms with Gasteiger partial charge in [-0.05, 0) is 60.6 Å². The molecule has 3 fully saturated rings. The first kappa shape index (κ1) is 43.4. The van der Waals surface area contributed by atoms with Gasteiger partial charge in [0.15, 0.2) is 6.29 Å². The van der Waals surface area contributed by atoms with Crippen molar-refractivity contribution in [2.24, 2.45) is 11.8 Å². The molecule has 16 nitrogen and oxygen atoms in total. The number of amides is 4. The lowest BCUT2D eigenvalue weighted by Gasteiger charge is -2.30. The number of H-pyrrole nitrogens is 2. The summed E-state index contributed by atoms with van der Waals surface area (Å²) >= 11 is 0. The third kappa shape index (κ3) is 9.75. The third-order valence-electron chi connectivity index (χ3n) is 11.8. The number of aromatic nitrogens is 4. The second-order valence-corrected chi connectivity index (χ2v) is 16.6. The van der Waals surface area contributed by atoms with Crippen LogP contribution in [-0.2, 0) is 35.0 Å². The van der Waals surface area contributed by atoms with Crippen LogP contribution in [0.2, 0.25) is 0 Å². The Bertz CT molecular complexity index is 2140. The smallest absolute Gasteiger partial charge is 0.407 e. The average molecular weight is 839 g/mol. The summed E-state index contributed by atoms with van der Waals surface area (Å²) in [6, 6.07) is 14.6. The first-order chi connectivity index (χ1) is 29.4. The number of aromatic amines is 2. The van der Waals surface area contributed by atoms with Crippen molar-refractivity contribution in [3.8, 4) is 33.6 Å². The molecule has 2 aromatic carbocycles. The highest BCUT2D eigenvalue weighted by Gasteiger charge is 2.39. The van der Waals surface area contributed by atoms with Crippen molar-refractivity contribution in [1.29, 1.82) is 0 Å². The molecule has 7 rings (SSSR count). The molecule has 3 aliphatic rings. The predicted octanol–water partition coefficient (Wildman–Crippen LogP) is 6.53. The van der Waals surface area contributed by atoms with Gasteiger partial charge in [0, 0.05) is 30.8 Å². The van der Waals surface area contributed by atoms with Crippen LogP contribution >= 0.6 is 0 Å². The molecule has 4 amide bonds. The fourth-order valence-electron chi connectivity index (χ4n) is 8.50. The van der Waals surface area contributed by atoms with Crippen LogP contribution in [-0.4, -0.2) is 113 Å². The molecule has 0 spiro atoms. The van der Waals surface area contributed by atoms with E-state index in [4.69, 9.17) is 28.9 Å². The molecule has 0 saturated carbocycles. The van der Waals surface area contributed by atoms with Gasteiger partial charge in [0.2, 0.25) is 11.8 Å². The molecule has 2 aromatic heterocycles. The SMILES string of the molecule is COC(=O)N[C@H](C(=O)N1CCC[C@H]1c1ncc(-c2ccc(-c3ccc(-c4nc([C@@H]5CCCN5C(=O)[C@@H](NC(=O)OC)C(C)C)[nH]c4CC4OCCCO4)cc3)cc2)[nH]1)C(C)C. The molecule has 5 heterocycles. The topological polar surface area (TPSA) is 193 Å². The molecule has 4 aromatic rings. The van der Waals surface area contributed by atoms with Gasteiger partial charge in [-0.15, -0.1) is 0 Å². The molecule has 61 heavy (non-hydrogen) atoms. The van der Waals surface area contributed by atoms with Crippen molar-refractivity contribution in [3.63, 3.8) is 0 Å². The van der Waals surface area contributed by atoms with Gasteiger partial charge in [0.05, 0.1) is 57.1 Å². The molecule has 0 radical (unpaired) electrons. The summed E-state index contributed by atoms with van der Waals surface area (Å²) in [7, 11) is 2.58. The van der Waals surface area contributed by atoms with Crippen molar-refractivity contribution < 1.29 is 38.1 Å². The van der Waals surface area contributed by atoms with E-state index >= 15 is 0 Å². The Hall–Kier alpha value is -5.74. The Morgan fingerprint density at radius 2 is 1.20 bits per heavy atom. The number of imidazole rings is 2. The highest BCUT2D eigenvalue weighted by atomic mass is 16.7. The van der Waals surface area contributed by atoms with Crippen molar-refractivity contribution in [2.45, 2.75) is 96.7 Å². The number of alkyl carbamates (subject to hydrolysis) is 2. The Morgan fingerprint density at radius 1 is 0.705 bits per heavy atom. The normalized spacial score (nSPS) is 19.3. The van der Waals surface area contributed by atoms with Crippen LogP contribution in [0.3, 0.4) is 0 Å². The number of ether oxygens (including phenoxy) is 4. The number of methoxy groups -OCH3 is 2. The van der Waals surface area contributed by atoms with Gasteiger partial charge in [0.25, 0.3) is 0 Å². The molecular weight excluding hydrogens is 781 g/mol. The van der Waals surface area contributed by atoms with Gasteiger partial charge in [0.1, 0.15) is 23.7 Å². The van der Waals surface area contributed by atoms with Crippen LogP contribution in [0.5, 0.6) is 0 Å². The van der Waals surface area contributed by atoms with Crippen molar-refractivity contribution in [2.75, 3.05) is 40.5 Å². The third-order valence-corrected chi connectivity index (χ3v) is 11.8. The number of hydrogen-bond acceptors (Lipinski definition) is 10. The largest absolute Gasteiger partial charge is 0.453 e. The van der Waals surface area contributed by atoms with Gasteiger partial charge < -0.3 is 49.3 Å². The van der Waals surface area contributed by atoms with Gasteiger partial charge in [-0.2, -0.15) is 0 Å². The maximum Gasteiger partial charge on any atom is 0.407 e. The second-order valence-electron chi connectivity index (χ2n) is 16.6. The number of hydrogen-bond donors (Lipinski definition) is 4. The van der Waals surface area contributed by atoms with E-state index < -0.39 is 30.6 Å². The van der Waals surface area contributed by atoms with Gasteiger partial charge in [-0.25, -0.2) is 19.6 Å². The van der Waals surface area contributed by atoms with E-state index in [0.717, 1.165) is 71.4 Å². The van der Waals surface area contributed by atoms with Crippen molar-refractivity contribution in [3.05, 3.63) is 72.1 Å². The zero-order valence-corrected chi connectivity index (χ0v) is 35.9. The maximum absolute atomic E-state index is 13.9. The molecule has 0 aliphatic carbocycles. The Labute approximate surface area is 356 Å². The average Bonchev–Trinajstić information content (AvgIpc) is 4.11. The number of carbonyl (C=O) groups is 4.